The molecular formula is C20H23N5O. The first-order valence-corrected chi connectivity index (χ1v) is 8.76. The van der Waals surface area contributed by atoms with Gasteiger partial charge in [-0.05, 0) is 51.1 Å². The predicted octanol–water partition coefficient (Wildman–Crippen LogP) is 3.67. The second kappa shape index (κ2) is 7.82. The van der Waals surface area contributed by atoms with E-state index in [-0.39, 0.29) is 5.91 Å². The number of carbonyl (C=O) groups excluding carboxylic acids is 1. The smallest absolute Gasteiger partial charge is 0.276 e. The molecule has 6 nitrogen and oxygen atoms in total. The van der Waals surface area contributed by atoms with Gasteiger partial charge >= 0.3 is 0 Å². The molecule has 0 aliphatic carbocycles. The number of rotatable bonds is 6. The van der Waals surface area contributed by atoms with Gasteiger partial charge in [-0.15, -0.1) is 0 Å². The van der Waals surface area contributed by atoms with Gasteiger partial charge in [0, 0.05) is 18.8 Å². The fourth-order valence-corrected chi connectivity index (χ4v) is 2.81. The van der Waals surface area contributed by atoms with Crippen molar-refractivity contribution in [2.24, 2.45) is 0 Å². The Balaban J connectivity index is 1.74. The Morgan fingerprint density at radius 2 is 1.85 bits per heavy atom. The third-order valence-corrected chi connectivity index (χ3v) is 4.21. The third kappa shape index (κ3) is 3.74. The molecule has 0 saturated carbocycles. The molecule has 2 aromatic heterocycles. The molecule has 0 saturated heterocycles. The Morgan fingerprint density at radius 1 is 1.12 bits per heavy atom. The lowest BCUT2D eigenvalue weighted by atomic mass is 10.3. The highest BCUT2D eigenvalue weighted by Crippen LogP contribution is 2.16. The van der Waals surface area contributed by atoms with Crippen LogP contribution in [0.1, 0.15) is 30.0 Å². The van der Waals surface area contributed by atoms with Gasteiger partial charge in [-0.1, -0.05) is 18.2 Å². The number of anilines is 2. The van der Waals surface area contributed by atoms with E-state index in [1.165, 1.54) is 0 Å². The van der Waals surface area contributed by atoms with Crippen molar-refractivity contribution in [2.45, 2.75) is 20.8 Å². The van der Waals surface area contributed by atoms with Crippen LogP contribution in [0.2, 0.25) is 0 Å². The summed E-state index contributed by atoms with van der Waals surface area (Å²) in [4.78, 5) is 19.1. The van der Waals surface area contributed by atoms with Gasteiger partial charge < -0.3 is 10.2 Å². The van der Waals surface area contributed by atoms with E-state index in [2.05, 4.69) is 34.1 Å². The average Bonchev–Trinajstić information content (AvgIpc) is 3.07. The van der Waals surface area contributed by atoms with Crippen molar-refractivity contribution in [3.8, 4) is 5.69 Å². The molecule has 1 amide bonds. The summed E-state index contributed by atoms with van der Waals surface area (Å²) < 4.78 is 1.76. The average molecular weight is 349 g/mol. The number of para-hydroxylation sites is 1. The SMILES string of the molecule is CCN(CC)c1ccc(NC(=O)c2cc(C)n(-c3ccccc3)n2)cn1. The largest absolute Gasteiger partial charge is 0.357 e. The summed E-state index contributed by atoms with van der Waals surface area (Å²) in [5, 5.41) is 7.28. The lowest BCUT2D eigenvalue weighted by molar-refractivity contribution is 0.102. The molecule has 134 valence electrons. The van der Waals surface area contributed by atoms with Crippen LogP contribution in [0.4, 0.5) is 11.5 Å². The number of carbonyl (C=O) groups is 1. The first-order valence-electron chi connectivity index (χ1n) is 8.76. The minimum Gasteiger partial charge on any atom is -0.357 e. The molecule has 2 heterocycles. The van der Waals surface area contributed by atoms with Crippen LogP contribution in [0.3, 0.4) is 0 Å². The summed E-state index contributed by atoms with van der Waals surface area (Å²) in [6.07, 6.45) is 1.67. The maximum Gasteiger partial charge on any atom is 0.276 e. The van der Waals surface area contributed by atoms with Gasteiger partial charge in [-0.25, -0.2) is 9.67 Å². The monoisotopic (exact) mass is 349 g/mol. The molecular weight excluding hydrogens is 326 g/mol. The van der Waals surface area contributed by atoms with Crippen molar-refractivity contribution >= 4 is 17.4 Å². The lowest BCUT2D eigenvalue weighted by Gasteiger charge is -2.19. The second-order valence-corrected chi connectivity index (χ2v) is 5.95. The number of hydrogen-bond acceptors (Lipinski definition) is 4. The van der Waals surface area contributed by atoms with Gasteiger partial charge in [0.2, 0.25) is 0 Å². The zero-order chi connectivity index (χ0) is 18.5. The number of hydrogen-bond donors (Lipinski definition) is 1. The molecule has 1 N–H and O–H groups in total. The molecule has 3 rings (SSSR count). The molecule has 0 radical (unpaired) electrons. The maximum atomic E-state index is 12.5. The molecule has 0 aliphatic rings. The van der Waals surface area contributed by atoms with Crippen molar-refractivity contribution in [2.75, 3.05) is 23.3 Å². The standard InChI is InChI=1S/C20H23N5O/c1-4-24(5-2)19-12-11-16(14-21-19)22-20(26)18-13-15(3)25(23-18)17-9-7-6-8-10-17/h6-14H,4-5H2,1-3H3,(H,22,26). The molecule has 0 atom stereocenters. The van der Waals surface area contributed by atoms with E-state index >= 15 is 0 Å². The van der Waals surface area contributed by atoms with Crippen molar-refractivity contribution in [1.82, 2.24) is 14.8 Å². The highest BCUT2D eigenvalue weighted by Gasteiger charge is 2.14. The lowest BCUT2D eigenvalue weighted by Crippen LogP contribution is -2.23. The quantitative estimate of drug-likeness (QED) is 0.737. The van der Waals surface area contributed by atoms with E-state index in [1.54, 1.807) is 16.9 Å². The van der Waals surface area contributed by atoms with Gasteiger partial charge in [-0.2, -0.15) is 5.10 Å². The fraction of sp³-hybridized carbons (Fsp3) is 0.250. The van der Waals surface area contributed by atoms with Crippen LogP contribution in [0.15, 0.2) is 54.7 Å². The number of nitrogens with one attached hydrogen (secondary N) is 1. The topological polar surface area (TPSA) is 63.1 Å². The number of amides is 1. The molecule has 0 unspecified atom stereocenters. The minimum atomic E-state index is -0.250. The number of aryl methyl sites for hydroxylation is 1. The molecule has 0 bridgehead atoms. The Morgan fingerprint density at radius 3 is 2.46 bits per heavy atom. The summed E-state index contributed by atoms with van der Waals surface area (Å²) in [5.74, 6) is 0.650. The van der Waals surface area contributed by atoms with Crippen LogP contribution in [-0.2, 0) is 0 Å². The van der Waals surface area contributed by atoms with E-state index in [4.69, 9.17) is 0 Å². The highest BCUT2D eigenvalue weighted by molar-refractivity contribution is 6.02. The summed E-state index contributed by atoms with van der Waals surface area (Å²) in [6, 6.07) is 15.3. The van der Waals surface area contributed by atoms with E-state index in [0.29, 0.717) is 11.4 Å². The van der Waals surface area contributed by atoms with Crippen molar-refractivity contribution in [1.29, 1.82) is 0 Å². The molecule has 26 heavy (non-hydrogen) atoms. The maximum absolute atomic E-state index is 12.5. The van der Waals surface area contributed by atoms with Gasteiger partial charge in [0.25, 0.3) is 5.91 Å². The van der Waals surface area contributed by atoms with Gasteiger partial charge in [-0.3, -0.25) is 4.79 Å². The third-order valence-electron chi connectivity index (χ3n) is 4.21. The Labute approximate surface area is 153 Å². The fourth-order valence-electron chi connectivity index (χ4n) is 2.81. The van der Waals surface area contributed by atoms with Crippen LogP contribution >= 0.6 is 0 Å². The number of aromatic nitrogens is 3. The van der Waals surface area contributed by atoms with Gasteiger partial charge in [0.1, 0.15) is 5.82 Å². The van der Waals surface area contributed by atoms with E-state index in [9.17, 15) is 4.79 Å². The normalized spacial score (nSPS) is 10.6. The van der Waals surface area contributed by atoms with Crippen LogP contribution in [0, 0.1) is 6.92 Å². The van der Waals surface area contributed by atoms with Gasteiger partial charge in [0.15, 0.2) is 5.69 Å². The summed E-state index contributed by atoms with van der Waals surface area (Å²) in [6.45, 7) is 7.90. The molecule has 0 fully saturated rings. The van der Waals surface area contributed by atoms with E-state index in [1.807, 2.05) is 49.4 Å². The summed E-state index contributed by atoms with van der Waals surface area (Å²) in [5.41, 5.74) is 2.85. The summed E-state index contributed by atoms with van der Waals surface area (Å²) in [7, 11) is 0. The zero-order valence-electron chi connectivity index (χ0n) is 15.3. The van der Waals surface area contributed by atoms with Crippen molar-refractivity contribution < 1.29 is 4.79 Å². The van der Waals surface area contributed by atoms with E-state index < -0.39 is 0 Å². The Kier molecular flexibility index (Phi) is 5.31. The van der Waals surface area contributed by atoms with Crippen LogP contribution < -0.4 is 10.2 Å². The molecule has 1 aromatic carbocycles. The second-order valence-electron chi connectivity index (χ2n) is 5.95. The molecule has 0 spiro atoms. The minimum absolute atomic E-state index is 0.250. The van der Waals surface area contributed by atoms with Crippen LogP contribution in [0.5, 0.6) is 0 Å². The number of nitrogens with zero attached hydrogens (tertiary/aromatic N) is 4. The van der Waals surface area contributed by atoms with Crippen molar-refractivity contribution in [3.63, 3.8) is 0 Å². The van der Waals surface area contributed by atoms with Crippen molar-refractivity contribution in [3.05, 3.63) is 66.1 Å². The van der Waals surface area contributed by atoms with Crippen LogP contribution in [0.25, 0.3) is 5.69 Å². The van der Waals surface area contributed by atoms with Gasteiger partial charge in [0.05, 0.1) is 17.6 Å². The Bertz CT molecular complexity index is 867. The first-order chi connectivity index (χ1) is 12.6. The predicted molar refractivity (Wildman–Crippen MR) is 104 cm³/mol. The highest BCUT2D eigenvalue weighted by atomic mass is 16.2. The number of benzene rings is 1. The molecule has 0 aliphatic heterocycles. The number of pyridine rings is 1. The molecule has 3 aromatic rings. The van der Waals surface area contributed by atoms with Crippen LogP contribution in [-0.4, -0.2) is 33.8 Å². The Hall–Kier alpha value is -3.15. The zero-order valence-corrected chi connectivity index (χ0v) is 15.3. The summed E-state index contributed by atoms with van der Waals surface area (Å²) >= 11 is 0. The molecule has 6 heteroatoms. The first kappa shape index (κ1) is 17.7. The van der Waals surface area contributed by atoms with E-state index in [0.717, 1.165) is 30.3 Å².